The minimum Gasteiger partial charge on any atom is -0.358 e. The Morgan fingerprint density at radius 3 is 1.35 bits per heavy atom. The average Bonchev–Trinajstić information content (AvgIpc) is 2.63. The van der Waals surface area contributed by atoms with E-state index in [1.807, 2.05) is 34.6 Å². The van der Waals surface area contributed by atoms with Crippen LogP contribution >= 0.6 is 23.2 Å². The van der Waals surface area contributed by atoms with Gasteiger partial charge in [-0.05, 0) is 66.2 Å². The van der Waals surface area contributed by atoms with Gasteiger partial charge in [0.25, 0.3) is 0 Å². The molecular weight excluding hydrogens is 464 g/mol. The third-order valence-electron chi connectivity index (χ3n) is 5.76. The lowest BCUT2D eigenvalue weighted by Gasteiger charge is -2.42. The van der Waals surface area contributed by atoms with Gasteiger partial charge in [-0.3, -0.25) is 14.4 Å². The van der Waals surface area contributed by atoms with Gasteiger partial charge >= 0.3 is 0 Å². The SMILES string of the molecule is [B]SC(C)(CC(C)(C)C(=O)NC(C)(C)CC(C)(C)NC(=O)C(C)(CC(C)(C)C)S[B])C(=O)NC. The molecule has 0 saturated carbocycles. The third kappa shape index (κ3) is 10.1. The van der Waals surface area contributed by atoms with Crippen molar-refractivity contribution >= 4 is 55.2 Å². The lowest BCUT2D eigenvalue weighted by Crippen LogP contribution is -2.58. The van der Waals surface area contributed by atoms with Crippen LogP contribution in [0.3, 0.4) is 0 Å². The minimum absolute atomic E-state index is 0.0631. The van der Waals surface area contributed by atoms with E-state index in [4.69, 9.17) is 14.2 Å². The molecule has 0 aliphatic carbocycles. The van der Waals surface area contributed by atoms with E-state index in [1.54, 1.807) is 27.8 Å². The summed E-state index contributed by atoms with van der Waals surface area (Å²) in [5, 5.41) is 8.89. The largest absolute Gasteiger partial charge is 0.358 e. The first-order valence-corrected chi connectivity index (χ1v) is 13.4. The standard InChI is InChI=1S/C24H45B2N3O3S2/c1-19(2,3)13-23(10,33-25)18(32)29-22(8,9)15-21(6,7)28-16(30)20(4,5)14-24(11,34-26)17(31)27-12/h13-15H2,1-12H3,(H,27,31)(H,28,30)(H,29,32). The number of nitrogens with one attached hydrogen (secondary N) is 3. The van der Waals surface area contributed by atoms with Gasteiger partial charge < -0.3 is 16.0 Å². The number of carbonyl (C=O) groups is 3. The molecule has 3 N–H and O–H groups in total. The predicted octanol–water partition coefficient (Wildman–Crippen LogP) is 3.92. The third-order valence-corrected chi connectivity index (χ3v) is 7.46. The van der Waals surface area contributed by atoms with E-state index in [0.29, 0.717) is 12.8 Å². The van der Waals surface area contributed by atoms with Gasteiger partial charge in [0.05, 0.1) is 9.49 Å². The minimum atomic E-state index is -0.940. The summed E-state index contributed by atoms with van der Waals surface area (Å²) in [4.78, 5) is 38.8. The van der Waals surface area contributed by atoms with Crippen LogP contribution in [0.5, 0.6) is 0 Å². The molecular formula is C24H45B2N3O3S2. The molecule has 0 aromatic carbocycles. The molecule has 0 aromatic heterocycles. The number of amides is 3. The van der Waals surface area contributed by atoms with Crippen LogP contribution in [0, 0.1) is 10.8 Å². The molecule has 0 aliphatic heterocycles. The topological polar surface area (TPSA) is 87.3 Å². The van der Waals surface area contributed by atoms with Gasteiger partial charge in [-0.15, -0.1) is 0 Å². The van der Waals surface area contributed by atoms with Gasteiger partial charge in [0.2, 0.25) is 17.7 Å². The van der Waals surface area contributed by atoms with Crippen molar-refractivity contribution in [2.45, 2.75) is 116 Å². The summed E-state index contributed by atoms with van der Waals surface area (Å²) in [7, 11) is 13.3. The molecule has 2 unspecified atom stereocenters. The Balaban J connectivity index is 5.46. The van der Waals surface area contributed by atoms with E-state index in [1.165, 1.54) is 0 Å². The van der Waals surface area contributed by atoms with Gasteiger partial charge in [-0.25, -0.2) is 23.2 Å². The Hall–Kier alpha value is -0.760. The van der Waals surface area contributed by atoms with Gasteiger partial charge in [-0.2, -0.15) is 0 Å². The van der Waals surface area contributed by atoms with Crippen LogP contribution in [0.4, 0.5) is 0 Å². The highest BCUT2D eigenvalue weighted by molar-refractivity contribution is 8.21. The first-order valence-electron chi connectivity index (χ1n) is 11.6. The van der Waals surface area contributed by atoms with Crippen LogP contribution in [-0.4, -0.2) is 59.6 Å². The highest BCUT2D eigenvalue weighted by atomic mass is 32.2. The number of carbonyl (C=O) groups excluding carboxylic acids is 3. The van der Waals surface area contributed by atoms with Crippen molar-refractivity contribution in [3.05, 3.63) is 0 Å². The second kappa shape index (κ2) is 11.5. The van der Waals surface area contributed by atoms with Crippen molar-refractivity contribution < 1.29 is 14.4 Å². The smallest absolute Gasteiger partial charge is 0.235 e. The molecule has 0 rings (SSSR count). The van der Waals surface area contributed by atoms with Crippen molar-refractivity contribution in [3.63, 3.8) is 0 Å². The first kappa shape index (κ1) is 33.2. The molecule has 10 heteroatoms. The van der Waals surface area contributed by atoms with E-state index >= 15 is 0 Å². The molecule has 4 radical (unpaired) electrons. The summed E-state index contributed by atoms with van der Waals surface area (Å²) in [6.07, 6.45) is 1.38. The predicted molar refractivity (Wildman–Crippen MR) is 149 cm³/mol. The molecule has 0 saturated heterocycles. The van der Waals surface area contributed by atoms with Crippen LogP contribution in [0.25, 0.3) is 0 Å². The van der Waals surface area contributed by atoms with Gasteiger partial charge in [0.1, 0.15) is 0 Å². The fourth-order valence-corrected chi connectivity index (χ4v) is 5.99. The van der Waals surface area contributed by atoms with Crippen molar-refractivity contribution in [1.82, 2.24) is 16.0 Å². The van der Waals surface area contributed by atoms with Crippen molar-refractivity contribution in [2.24, 2.45) is 10.8 Å². The molecule has 0 aromatic rings. The highest BCUT2D eigenvalue weighted by Crippen LogP contribution is 2.38. The van der Waals surface area contributed by atoms with E-state index < -0.39 is 26.0 Å². The van der Waals surface area contributed by atoms with E-state index in [9.17, 15) is 14.4 Å². The van der Waals surface area contributed by atoms with Gasteiger partial charge in [0, 0.05) is 23.5 Å². The Morgan fingerprint density at radius 2 is 1.00 bits per heavy atom. The van der Waals surface area contributed by atoms with Crippen molar-refractivity contribution in [2.75, 3.05) is 7.05 Å². The zero-order valence-electron chi connectivity index (χ0n) is 23.3. The molecule has 0 aliphatic rings. The van der Waals surface area contributed by atoms with Gasteiger partial charge in [0.15, 0.2) is 14.2 Å². The molecule has 0 heterocycles. The zero-order valence-corrected chi connectivity index (χ0v) is 25.0. The summed E-state index contributed by atoms with van der Waals surface area (Å²) in [5.74, 6) is -0.525. The lowest BCUT2D eigenvalue weighted by molar-refractivity contribution is -0.133. The second-order valence-electron chi connectivity index (χ2n) is 12.9. The summed E-state index contributed by atoms with van der Waals surface area (Å²) < 4.78 is -1.71. The van der Waals surface area contributed by atoms with Crippen LogP contribution < -0.4 is 16.0 Å². The number of hydrogen-bond acceptors (Lipinski definition) is 5. The van der Waals surface area contributed by atoms with Crippen LogP contribution in [-0.2, 0) is 14.4 Å². The summed E-state index contributed by atoms with van der Waals surface area (Å²) >= 11 is 2.01. The maximum atomic E-state index is 13.3. The maximum Gasteiger partial charge on any atom is 0.235 e. The Bertz CT molecular complexity index is 754. The van der Waals surface area contributed by atoms with Crippen LogP contribution in [0.15, 0.2) is 0 Å². The fourth-order valence-electron chi connectivity index (χ4n) is 4.66. The van der Waals surface area contributed by atoms with Crippen molar-refractivity contribution in [3.8, 4) is 0 Å². The summed E-state index contributed by atoms with van der Waals surface area (Å²) in [6.45, 7) is 21.2. The molecule has 3 amide bonds. The summed E-state index contributed by atoms with van der Waals surface area (Å²) in [6, 6.07) is 0. The number of rotatable bonds is 12. The Labute approximate surface area is 219 Å². The zero-order chi connectivity index (χ0) is 27.4. The quantitative estimate of drug-likeness (QED) is 0.348. The van der Waals surface area contributed by atoms with Crippen LogP contribution in [0.1, 0.15) is 95.4 Å². The monoisotopic (exact) mass is 509 g/mol. The normalized spacial score (nSPS) is 16.7. The molecule has 0 fully saturated rings. The average molecular weight is 509 g/mol. The maximum absolute atomic E-state index is 13.3. The lowest BCUT2D eigenvalue weighted by atomic mass is 9.79. The van der Waals surface area contributed by atoms with E-state index in [2.05, 4.69) is 36.7 Å². The van der Waals surface area contributed by atoms with Gasteiger partial charge in [-0.1, -0.05) is 34.6 Å². The molecule has 192 valence electrons. The molecule has 6 nitrogen and oxygen atoms in total. The Morgan fingerprint density at radius 1 is 0.618 bits per heavy atom. The Kier molecular flexibility index (Phi) is 11.3. The summed E-state index contributed by atoms with van der Waals surface area (Å²) in [5.41, 5.74) is -2.14. The molecule has 0 bridgehead atoms. The highest BCUT2D eigenvalue weighted by Gasteiger charge is 2.43. The first-order chi connectivity index (χ1) is 15.0. The van der Waals surface area contributed by atoms with Crippen LogP contribution in [0.2, 0.25) is 0 Å². The van der Waals surface area contributed by atoms with E-state index in [0.717, 1.165) is 23.2 Å². The van der Waals surface area contributed by atoms with Crippen molar-refractivity contribution in [1.29, 1.82) is 0 Å². The second-order valence-corrected chi connectivity index (χ2v) is 15.2. The molecule has 2 atom stereocenters. The molecule has 0 spiro atoms. The molecule has 34 heavy (non-hydrogen) atoms. The number of hydrogen-bond donors (Lipinski definition) is 3. The fraction of sp³-hybridized carbons (Fsp3) is 0.875. The van der Waals surface area contributed by atoms with E-state index in [-0.39, 0.29) is 29.6 Å².